The average molecular weight is 232 g/mol. The fraction of sp³-hybridized carbons (Fsp3) is 0.250. The molecule has 0 saturated heterocycles. The largest absolute Gasteiger partial charge is 0.136 e. The molecule has 0 atom stereocenters. The van der Waals surface area contributed by atoms with Crippen LogP contribution in [0.25, 0.3) is 0 Å². The molecule has 1 rings (SSSR count). The molecule has 13 heavy (non-hydrogen) atoms. The van der Waals surface area contributed by atoms with Gasteiger partial charge >= 0.3 is 0 Å². The topological polar surface area (TPSA) is 24.7 Å². The quantitative estimate of drug-likeness (QED) is 0.547. The molecule has 0 saturated carbocycles. The van der Waals surface area contributed by atoms with Gasteiger partial charge in [0, 0.05) is 11.5 Å². The second kappa shape index (κ2) is 4.39. The van der Waals surface area contributed by atoms with Crippen molar-refractivity contribution in [1.29, 1.82) is 0 Å². The SMILES string of the molecule is C=CCS1(CC=C)N=NC(S)=C1S. The van der Waals surface area contributed by atoms with Crippen LogP contribution in [0.4, 0.5) is 0 Å². The summed E-state index contributed by atoms with van der Waals surface area (Å²) in [5.74, 6) is 1.59. The first-order chi connectivity index (χ1) is 6.16. The highest BCUT2D eigenvalue weighted by Gasteiger charge is 2.30. The summed E-state index contributed by atoms with van der Waals surface area (Å²) in [6.45, 7) is 7.43. The monoisotopic (exact) mass is 232 g/mol. The smallest absolute Gasteiger partial charge is 0.136 e. The highest BCUT2D eigenvalue weighted by atomic mass is 32.3. The lowest BCUT2D eigenvalue weighted by Gasteiger charge is -2.28. The molecule has 72 valence electrons. The molecule has 2 nitrogen and oxygen atoms in total. The summed E-state index contributed by atoms with van der Waals surface area (Å²) >= 11 is 8.57. The van der Waals surface area contributed by atoms with E-state index < -0.39 is 10.2 Å². The molecule has 1 aliphatic heterocycles. The lowest BCUT2D eigenvalue weighted by atomic mass is 10.8. The molecule has 0 unspecified atom stereocenters. The molecule has 0 spiro atoms. The van der Waals surface area contributed by atoms with Crippen molar-refractivity contribution in [3.8, 4) is 0 Å². The van der Waals surface area contributed by atoms with Crippen LogP contribution in [0.3, 0.4) is 0 Å². The Balaban J connectivity index is 2.99. The zero-order valence-corrected chi connectivity index (χ0v) is 9.79. The van der Waals surface area contributed by atoms with Gasteiger partial charge in [-0.15, -0.1) is 48.0 Å². The Hall–Kier alpha value is -0.130. The Kier molecular flexibility index (Phi) is 3.70. The minimum Gasteiger partial charge on any atom is -0.136 e. The van der Waals surface area contributed by atoms with Gasteiger partial charge in [0.05, 0.1) is 4.24 Å². The third-order valence-corrected chi connectivity index (χ3v) is 6.38. The summed E-state index contributed by atoms with van der Waals surface area (Å²) in [5, 5.41) is 4.57. The van der Waals surface area contributed by atoms with Gasteiger partial charge in [-0.2, -0.15) is 0 Å². The molecule has 0 N–H and O–H groups in total. The van der Waals surface area contributed by atoms with Gasteiger partial charge in [-0.25, -0.2) is 0 Å². The van der Waals surface area contributed by atoms with Crippen LogP contribution < -0.4 is 0 Å². The van der Waals surface area contributed by atoms with Gasteiger partial charge in [0.2, 0.25) is 0 Å². The Morgan fingerprint density at radius 3 is 2.08 bits per heavy atom. The van der Waals surface area contributed by atoms with Gasteiger partial charge in [0.15, 0.2) is 0 Å². The molecule has 0 aromatic heterocycles. The zero-order valence-electron chi connectivity index (χ0n) is 7.18. The van der Waals surface area contributed by atoms with Crippen molar-refractivity contribution in [2.45, 2.75) is 0 Å². The maximum absolute atomic E-state index is 4.39. The van der Waals surface area contributed by atoms with Crippen LogP contribution in [0, 0.1) is 0 Å². The average Bonchev–Trinajstić information content (AvgIpc) is 2.36. The van der Waals surface area contributed by atoms with E-state index in [4.69, 9.17) is 0 Å². The minimum absolute atomic E-state index is 0.627. The minimum atomic E-state index is -1.30. The maximum Gasteiger partial charge on any atom is 0.136 e. The molecular formula is C8H12N2S3. The third-order valence-electron chi connectivity index (χ3n) is 1.63. The predicted octanol–water partition coefficient (Wildman–Crippen LogP) is 3.53. The van der Waals surface area contributed by atoms with Crippen LogP contribution in [0.2, 0.25) is 0 Å². The number of nitrogens with zero attached hydrogens (tertiary/aromatic N) is 2. The summed E-state index contributed by atoms with van der Waals surface area (Å²) in [6.07, 6.45) is 3.70. The van der Waals surface area contributed by atoms with Gasteiger partial charge in [0.25, 0.3) is 0 Å². The summed E-state index contributed by atoms with van der Waals surface area (Å²) < 4.78 is 5.13. The molecule has 0 aliphatic carbocycles. The van der Waals surface area contributed by atoms with E-state index >= 15 is 0 Å². The maximum atomic E-state index is 4.39. The second-order valence-electron chi connectivity index (χ2n) is 2.56. The highest BCUT2D eigenvalue weighted by Crippen LogP contribution is 2.63. The van der Waals surface area contributed by atoms with E-state index in [1.165, 1.54) is 0 Å². The molecule has 0 amide bonds. The zero-order chi connectivity index (χ0) is 9.90. The standard InChI is InChI=1S/C8H12N2S3/c1-3-5-13(6-4-2)8(12)7(11)9-10-13/h3-4,11-12H,1-2,5-6H2. The van der Waals surface area contributed by atoms with Crippen LogP contribution in [0.1, 0.15) is 0 Å². The second-order valence-corrected chi connectivity index (χ2v) is 6.66. The number of hydrogen-bond acceptors (Lipinski definition) is 4. The molecule has 0 aromatic carbocycles. The summed E-state index contributed by atoms with van der Waals surface area (Å²) in [5.41, 5.74) is 0. The van der Waals surface area contributed by atoms with Gasteiger partial charge in [-0.1, -0.05) is 22.4 Å². The van der Waals surface area contributed by atoms with Crippen LogP contribution in [-0.2, 0) is 0 Å². The molecule has 1 aliphatic rings. The van der Waals surface area contributed by atoms with Gasteiger partial charge < -0.3 is 0 Å². The Labute approximate surface area is 91.2 Å². The van der Waals surface area contributed by atoms with Gasteiger partial charge in [-0.05, 0) is 0 Å². The first kappa shape index (κ1) is 10.9. The Morgan fingerprint density at radius 2 is 1.77 bits per heavy atom. The van der Waals surface area contributed by atoms with Crippen molar-refractivity contribution in [2.75, 3.05) is 11.5 Å². The van der Waals surface area contributed by atoms with Gasteiger partial charge in [0.1, 0.15) is 5.03 Å². The number of hydrogen-bond donors (Lipinski definition) is 2. The van der Waals surface area contributed by atoms with Crippen molar-refractivity contribution in [2.24, 2.45) is 9.63 Å². The van der Waals surface area contributed by atoms with E-state index in [2.05, 4.69) is 48.0 Å². The first-order valence-electron chi connectivity index (χ1n) is 3.72. The highest BCUT2D eigenvalue weighted by molar-refractivity contribution is 8.41. The molecule has 0 fully saturated rings. The number of rotatable bonds is 4. The van der Waals surface area contributed by atoms with Crippen molar-refractivity contribution >= 4 is 35.5 Å². The van der Waals surface area contributed by atoms with E-state index in [0.29, 0.717) is 5.03 Å². The van der Waals surface area contributed by atoms with Crippen LogP contribution in [-0.4, -0.2) is 11.5 Å². The summed E-state index contributed by atoms with van der Waals surface area (Å²) in [6, 6.07) is 0. The predicted molar refractivity (Wildman–Crippen MR) is 67.6 cm³/mol. The van der Waals surface area contributed by atoms with Crippen molar-refractivity contribution in [3.05, 3.63) is 34.6 Å². The molecule has 0 bridgehead atoms. The van der Waals surface area contributed by atoms with Crippen LogP contribution in [0.5, 0.6) is 0 Å². The molecule has 5 heteroatoms. The van der Waals surface area contributed by atoms with E-state index in [1.54, 1.807) is 0 Å². The van der Waals surface area contributed by atoms with E-state index in [0.717, 1.165) is 15.7 Å². The first-order valence-corrected chi connectivity index (χ1v) is 6.54. The summed E-state index contributed by atoms with van der Waals surface area (Å²) in [4.78, 5) is 0. The lowest BCUT2D eigenvalue weighted by molar-refractivity contribution is 1.33. The molecular weight excluding hydrogens is 220 g/mol. The van der Waals surface area contributed by atoms with E-state index in [9.17, 15) is 0 Å². The number of thiol groups is 2. The van der Waals surface area contributed by atoms with Crippen LogP contribution >= 0.6 is 35.5 Å². The van der Waals surface area contributed by atoms with Crippen molar-refractivity contribution in [3.63, 3.8) is 0 Å². The third kappa shape index (κ3) is 2.03. The van der Waals surface area contributed by atoms with Crippen LogP contribution in [0.15, 0.2) is 44.2 Å². The van der Waals surface area contributed by atoms with E-state index in [-0.39, 0.29) is 0 Å². The lowest BCUT2D eigenvalue weighted by Crippen LogP contribution is -2.01. The Morgan fingerprint density at radius 1 is 1.23 bits per heavy atom. The summed E-state index contributed by atoms with van der Waals surface area (Å²) in [7, 11) is -1.30. The Bertz CT molecular complexity index is 284. The normalized spacial score (nSPS) is 21.7. The fourth-order valence-corrected chi connectivity index (χ4v) is 4.33. The molecule has 1 heterocycles. The molecule has 0 radical (unpaired) electrons. The molecule has 0 aromatic rings. The van der Waals surface area contributed by atoms with Crippen molar-refractivity contribution < 1.29 is 0 Å². The van der Waals surface area contributed by atoms with Crippen molar-refractivity contribution in [1.82, 2.24) is 0 Å². The van der Waals surface area contributed by atoms with Gasteiger partial charge in [-0.3, -0.25) is 0 Å². The van der Waals surface area contributed by atoms with E-state index in [1.807, 2.05) is 12.2 Å². The fourth-order valence-electron chi connectivity index (χ4n) is 1.05.